The average molecular weight is 191 g/mol. The molecule has 3 nitrogen and oxygen atoms in total. The van der Waals surface area contributed by atoms with E-state index >= 15 is 0 Å². The van der Waals surface area contributed by atoms with Gasteiger partial charge in [-0.1, -0.05) is 0 Å². The van der Waals surface area contributed by atoms with E-state index in [0.717, 1.165) is 0 Å². The molecular weight excluding hydrogens is 180 g/mol. The number of alkyl halides is 2. The van der Waals surface area contributed by atoms with Crippen molar-refractivity contribution < 1.29 is 18.7 Å². The Morgan fingerprint density at radius 1 is 1.54 bits per heavy atom. The van der Waals surface area contributed by atoms with Crippen LogP contribution in [0.2, 0.25) is 0 Å². The zero-order chi connectivity index (χ0) is 9.69. The van der Waals surface area contributed by atoms with E-state index < -0.39 is 23.3 Å². The minimum absolute atomic E-state index is 0.0840. The van der Waals surface area contributed by atoms with Gasteiger partial charge in [-0.2, -0.15) is 0 Å². The molecule has 0 aromatic heterocycles. The fourth-order valence-corrected chi connectivity index (χ4v) is 1.98. The Hall–Kier alpha value is -0.710. The molecule has 0 bridgehead atoms. The zero-order valence-corrected chi connectivity index (χ0v) is 7.02. The Labute approximate surface area is 74.1 Å². The van der Waals surface area contributed by atoms with E-state index in [0.29, 0.717) is 12.8 Å². The quantitative estimate of drug-likeness (QED) is 0.646. The smallest absolute Gasteiger partial charge is 0.320 e. The number of hydrogen-bond donors (Lipinski definition) is 2. The second-order valence-electron chi connectivity index (χ2n) is 3.97. The molecule has 0 aromatic carbocycles. The molecule has 1 saturated heterocycles. The summed E-state index contributed by atoms with van der Waals surface area (Å²) in [5.41, 5.74) is -0.918. The largest absolute Gasteiger partial charge is 0.480 e. The summed E-state index contributed by atoms with van der Waals surface area (Å²) in [7, 11) is 0. The molecular formula is C8H11F2NO2. The fraction of sp³-hybridized carbons (Fsp3) is 0.875. The van der Waals surface area contributed by atoms with Crippen LogP contribution in [0.25, 0.3) is 0 Å². The van der Waals surface area contributed by atoms with Crippen molar-refractivity contribution >= 4 is 5.97 Å². The van der Waals surface area contributed by atoms with Gasteiger partial charge < -0.3 is 10.4 Å². The van der Waals surface area contributed by atoms with Gasteiger partial charge in [0.15, 0.2) is 0 Å². The van der Waals surface area contributed by atoms with Crippen LogP contribution in [0, 0.1) is 5.41 Å². The summed E-state index contributed by atoms with van der Waals surface area (Å²) in [5, 5.41) is 11.3. The lowest BCUT2D eigenvalue weighted by atomic mass is 9.91. The number of carboxylic acid groups (broad SMARTS) is 1. The van der Waals surface area contributed by atoms with Gasteiger partial charge in [-0.25, -0.2) is 8.78 Å². The van der Waals surface area contributed by atoms with Crippen molar-refractivity contribution in [3.05, 3.63) is 0 Å². The van der Waals surface area contributed by atoms with Crippen LogP contribution in [-0.2, 0) is 4.79 Å². The van der Waals surface area contributed by atoms with Crippen LogP contribution in [0.15, 0.2) is 0 Å². The topological polar surface area (TPSA) is 49.3 Å². The maximum absolute atomic E-state index is 12.8. The standard InChI is InChI=1S/C8H11F2NO2/c9-8(10)3-7(8)2-1-5(6(12)13)11-4-7/h5,11H,1-4H2,(H,12,13). The third-order valence-corrected chi connectivity index (χ3v) is 3.11. The highest BCUT2D eigenvalue weighted by molar-refractivity contribution is 5.73. The molecule has 74 valence electrons. The Morgan fingerprint density at radius 2 is 2.15 bits per heavy atom. The molecule has 1 aliphatic heterocycles. The predicted octanol–water partition coefficient (Wildman–Crippen LogP) is 0.848. The molecule has 2 unspecified atom stereocenters. The number of carboxylic acids is 1. The monoisotopic (exact) mass is 191 g/mol. The maximum atomic E-state index is 12.8. The molecule has 2 rings (SSSR count). The zero-order valence-electron chi connectivity index (χ0n) is 7.02. The van der Waals surface area contributed by atoms with E-state index in [9.17, 15) is 13.6 Å². The van der Waals surface area contributed by atoms with Crippen LogP contribution in [0.5, 0.6) is 0 Å². The number of piperidine rings is 1. The van der Waals surface area contributed by atoms with Crippen LogP contribution in [0.4, 0.5) is 8.78 Å². The first-order valence-electron chi connectivity index (χ1n) is 4.31. The highest BCUT2D eigenvalue weighted by Crippen LogP contribution is 2.63. The molecule has 0 aromatic rings. The number of nitrogens with one attached hydrogen (secondary N) is 1. The third kappa shape index (κ3) is 1.22. The number of carbonyl (C=O) groups is 1. The molecule has 5 heteroatoms. The minimum Gasteiger partial charge on any atom is -0.480 e. The molecule has 13 heavy (non-hydrogen) atoms. The summed E-state index contributed by atoms with van der Waals surface area (Å²) in [6.45, 7) is 0.136. The average Bonchev–Trinajstić information content (AvgIpc) is 2.53. The number of aliphatic carboxylic acids is 1. The molecule has 1 aliphatic carbocycles. The molecule has 1 spiro atoms. The highest BCUT2D eigenvalue weighted by atomic mass is 19.3. The fourth-order valence-electron chi connectivity index (χ4n) is 1.98. The van der Waals surface area contributed by atoms with Crippen LogP contribution in [0.1, 0.15) is 19.3 Å². The second kappa shape index (κ2) is 2.41. The van der Waals surface area contributed by atoms with Crippen LogP contribution >= 0.6 is 0 Å². The minimum atomic E-state index is -2.57. The predicted molar refractivity (Wildman–Crippen MR) is 40.7 cm³/mol. The van der Waals surface area contributed by atoms with E-state index in [1.165, 1.54) is 0 Å². The third-order valence-electron chi connectivity index (χ3n) is 3.11. The van der Waals surface area contributed by atoms with Crippen molar-refractivity contribution in [2.24, 2.45) is 5.41 Å². The molecule has 2 fully saturated rings. The van der Waals surface area contributed by atoms with E-state index in [-0.39, 0.29) is 13.0 Å². The van der Waals surface area contributed by atoms with Gasteiger partial charge in [0, 0.05) is 13.0 Å². The Kier molecular flexibility index (Phi) is 1.64. The van der Waals surface area contributed by atoms with Gasteiger partial charge in [0.2, 0.25) is 0 Å². The van der Waals surface area contributed by atoms with Crippen molar-refractivity contribution in [1.82, 2.24) is 5.32 Å². The van der Waals surface area contributed by atoms with Gasteiger partial charge in [-0.15, -0.1) is 0 Å². The van der Waals surface area contributed by atoms with E-state index in [1.54, 1.807) is 0 Å². The lowest BCUT2D eigenvalue weighted by Crippen LogP contribution is -2.46. The highest BCUT2D eigenvalue weighted by Gasteiger charge is 2.71. The molecule has 2 N–H and O–H groups in total. The number of halogens is 2. The van der Waals surface area contributed by atoms with Gasteiger partial charge >= 0.3 is 5.97 Å². The summed E-state index contributed by atoms with van der Waals surface area (Å²) in [6.07, 6.45) is 0.550. The number of rotatable bonds is 1. The van der Waals surface area contributed by atoms with Crippen molar-refractivity contribution in [2.45, 2.75) is 31.2 Å². The summed E-state index contributed by atoms with van der Waals surface area (Å²) in [6, 6.07) is -0.637. The summed E-state index contributed by atoms with van der Waals surface area (Å²) in [4.78, 5) is 10.5. The van der Waals surface area contributed by atoms with Crippen LogP contribution in [0.3, 0.4) is 0 Å². The summed E-state index contributed by atoms with van der Waals surface area (Å²) < 4.78 is 25.6. The first-order valence-corrected chi connectivity index (χ1v) is 4.31. The van der Waals surface area contributed by atoms with Crippen molar-refractivity contribution in [3.63, 3.8) is 0 Å². The van der Waals surface area contributed by atoms with E-state index in [1.807, 2.05) is 0 Å². The molecule has 1 saturated carbocycles. The van der Waals surface area contributed by atoms with Gasteiger partial charge in [0.1, 0.15) is 6.04 Å². The van der Waals surface area contributed by atoms with E-state index in [4.69, 9.17) is 5.11 Å². The van der Waals surface area contributed by atoms with Gasteiger partial charge in [-0.05, 0) is 12.8 Å². The molecule has 0 amide bonds. The van der Waals surface area contributed by atoms with Gasteiger partial charge in [0.05, 0.1) is 5.41 Å². The lowest BCUT2D eigenvalue weighted by molar-refractivity contribution is -0.140. The van der Waals surface area contributed by atoms with Crippen molar-refractivity contribution in [1.29, 1.82) is 0 Å². The Morgan fingerprint density at radius 3 is 2.46 bits per heavy atom. The van der Waals surface area contributed by atoms with Crippen LogP contribution in [-0.4, -0.2) is 29.6 Å². The van der Waals surface area contributed by atoms with Crippen molar-refractivity contribution in [3.8, 4) is 0 Å². The molecule has 2 aliphatic rings. The Balaban J connectivity index is 1.95. The first kappa shape index (κ1) is 8.87. The SMILES string of the molecule is O=C(O)C1CCC2(CN1)CC2(F)F. The van der Waals surface area contributed by atoms with Crippen LogP contribution < -0.4 is 5.32 Å². The normalized spacial score (nSPS) is 41.8. The molecule has 2 atom stereocenters. The Bertz CT molecular complexity index is 247. The summed E-state index contributed by atoms with van der Waals surface area (Å²) in [5.74, 6) is -3.51. The molecule has 0 radical (unpaired) electrons. The maximum Gasteiger partial charge on any atom is 0.320 e. The summed E-state index contributed by atoms with van der Waals surface area (Å²) >= 11 is 0. The van der Waals surface area contributed by atoms with Gasteiger partial charge in [0.25, 0.3) is 5.92 Å². The van der Waals surface area contributed by atoms with Gasteiger partial charge in [-0.3, -0.25) is 4.79 Å². The lowest BCUT2D eigenvalue weighted by Gasteiger charge is -2.27. The van der Waals surface area contributed by atoms with Crippen molar-refractivity contribution in [2.75, 3.05) is 6.54 Å². The van der Waals surface area contributed by atoms with E-state index in [2.05, 4.69) is 5.32 Å². The first-order chi connectivity index (χ1) is 5.97. The number of hydrogen-bond acceptors (Lipinski definition) is 2. The molecule has 1 heterocycles. The second-order valence-corrected chi connectivity index (χ2v) is 3.97.